The maximum Gasteiger partial charge on any atom is 0.303 e. The van der Waals surface area contributed by atoms with Crippen molar-refractivity contribution < 1.29 is 67.7 Å². The van der Waals surface area contributed by atoms with Crippen LogP contribution >= 0.6 is 12.6 Å². The van der Waals surface area contributed by atoms with Crippen LogP contribution in [0.15, 0.2) is 0 Å². The summed E-state index contributed by atoms with van der Waals surface area (Å²) in [5, 5.41) is 30.1. The number of hydrogen-bond donors (Lipinski definition) is 4. The minimum absolute atomic E-state index is 0.471. The molecular formula is C20H30O14S. The summed E-state index contributed by atoms with van der Waals surface area (Å²) in [5.74, 6) is -3.16. The zero-order chi connectivity index (χ0) is 26.4. The van der Waals surface area contributed by atoms with E-state index >= 15 is 0 Å². The minimum Gasteiger partial charge on any atom is -0.463 e. The first-order chi connectivity index (χ1) is 16.3. The topological polar surface area (TPSA) is 194 Å². The molecule has 10 atom stereocenters. The zero-order valence-corrected chi connectivity index (χ0v) is 20.4. The molecule has 0 aromatic heterocycles. The number of esters is 4. The number of aliphatic hydroxyl groups is 3. The van der Waals surface area contributed by atoms with E-state index in [1.807, 2.05) is 0 Å². The standard InChI is InChI=1S/C20H30O14S/c1-7(22)28-6-12-15(29-8(2)23)17(30-9(3)24)18(31-10(4)25)19(32-12)34-16-14(27)13(26)11(5-21)33-20(16)35/h11-21,26-27,35H,5-6H2,1-4H3/t11-,12-,13+,14+,15-,16-,17+,18-,19+,20-/m1/s1. The summed E-state index contributed by atoms with van der Waals surface area (Å²) in [4.78, 5) is 46.9. The average molecular weight is 527 g/mol. The third-order valence-corrected chi connectivity index (χ3v) is 5.50. The molecule has 0 bridgehead atoms. The second-order valence-electron chi connectivity index (χ2n) is 7.90. The predicted octanol–water partition coefficient (Wildman–Crippen LogP) is -2.18. The van der Waals surface area contributed by atoms with Gasteiger partial charge in [-0.3, -0.25) is 19.2 Å². The lowest BCUT2D eigenvalue weighted by Gasteiger charge is -2.47. The molecule has 2 rings (SSSR count). The molecule has 2 saturated heterocycles. The van der Waals surface area contributed by atoms with Gasteiger partial charge >= 0.3 is 23.9 Å². The maximum atomic E-state index is 11.9. The maximum absolute atomic E-state index is 11.9. The Hall–Kier alpha value is -2.01. The first kappa shape index (κ1) is 29.2. The van der Waals surface area contributed by atoms with Crippen LogP contribution in [0.4, 0.5) is 0 Å². The van der Waals surface area contributed by atoms with Crippen LogP contribution in [0, 0.1) is 0 Å². The summed E-state index contributed by atoms with van der Waals surface area (Å²) >= 11 is 4.18. The lowest BCUT2D eigenvalue weighted by Crippen LogP contribution is -2.65. The molecule has 0 aromatic carbocycles. The zero-order valence-electron chi connectivity index (χ0n) is 19.5. The highest BCUT2D eigenvalue weighted by atomic mass is 32.1. The molecule has 3 N–H and O–H groups in total. The number of aliphatic hydroxyl groups excluding tert-OH is 3. The second kappa shape index (κ2) is 12.8. The highest BCUT2D eigenvalue weighted by molar-refractivity contribution is 7.80. The Balaban J connectivity index is 2.43. The average Bonchev–Trinajstić information content (AvgIpc) is 2.75. The van der Waals surface area contributed by atoms with Crippen molar-refractivity contribution in [2.75, 3.05) is 13.2 Å². The fraction of sp³-hybridized carbons (Fsp3) is 0.800. The van der Waals surface area contributed by atoms with Crippen molar-refractivity contribution in [2.45, 2.75) is 88.3 Å². The van der Waals surface area contributed by atoms with Crippen molar-refractivity contribution in [3.8, 4) is 0 Å². The molecule has 0 unspecified atom stereocenters. The van der Waals surface area contributed by atoms with Crippen LogP contribution in [0.25, 0.3) is 0 Å². The molecule has 35 heavy (non-hydrogen) atoms. The number of hydrogen-bond acceptors (Lipinski definition) is 15. The van der Waals surface area contributed by atoms with Crippen molar-refractivity contribution in [2.24, 2.45) is 0 Å². The molecule has 200 valence electrons. The molecule has 0 spiro atoms. The number of carbonyl (C=O) groups is 4. The lowest BCUT2D eigenvalue weighted by molar-refractivity contribution is -0.337. The van der Waals surface area contributed by atoms with Crippen LogP contribution in [0.1, 0.15) is 27.7 Å². The monoisotopic (exact) mass is 526 g/mol. The number of thiol groups is 1. The number of carbonyl (C=O) groups excluding carboxylic acids is 4. The van der Waals surface area contributed by atoms with E-state index in [9.17, 15) is 34.5 Å². The van der Waals surface area contributed by atoms with E-state index in [4.69, 9.17) is 33.2 Å². The number of rotatable bonds is 8. The third kappa shape index (κ3) is 7.73. The fourth-order valence-electron chi connectivity index (χ4n) is 3.67. The Labute approximate surface area is 206 Å². The molecule has 15 heteroatoms. The molecule has 0 aliphatic carbocycles. The second-order valence-corrected chi connectivity index (χ2v) is 8.41. The molecule has 0 aromatic rings. The van der Waals surface area contributed by atoms with Crippen molar-refractivity contribution in [3.05, 3.63) is 0 Å². The van der Waals surface area contributed by atoms with Gasteiger partial charge in [0.15, 0.2) is 24.6 Å². The summed E-state index contributed by atoms with van der Waals surface area (Å²) in [5.41, 5.74) is -1.18. The van der Waals surface area contributed by atoms with Crippen molar-refractivity contribution in [3.63, 3.8) is 0 Å². The Morgan fingerprint density at radius 3 is 1.80 bits per heavy atom. The molecule has 2 aliphatic heterocycles. The van der Waals surface area contributed by atoms with Gasteiger partial charge in [-0.25, -0.2) is 0 Å². The van der Waals surface area contributed by atoms with Crippen LogP contribution < -0.4 is 0 Å². The molecule has 14 nitrogen and oxygen atoms in total. The Bertz CT molecular complexity index is 777. The fourth-order valence-corrected chi connectivity index (χ4v) is 4.07. The molecule has 2 heterocycles. The van der Waals surface area contributed by atoms with Gasteiger partial charge in [0.1, 0.15) is 42.6 Å². The Morgan fingerprint density at radius 1 is 0.743 bits per heavy atom. The molecule has 0 saturated carbocycles. The Morgan fingerprint density at radius 2 is 1.29 bits per heavy atom. The van der Waals surface area contributed by atoms with Gasteiger partial charge in [0.25, 0.3) is 0 Å². The van der Waals surface area contributed by atoms with Crippen LogP contribution in [0.2, 0.25) is 0 Å². The highest BCUT2D eigenvalue weighted by Gasteiger charge is 2.55. The van der Waals surface area contributed by atoms with Gasteiger partial charge < -0.3 is 48.5 Å². The summed E-state index contributed by atoms with van der Waals surface area (Å²) in [7, 11) is 0. The van der Waals surface area contributed by atoms with Gasteiger partial charge in [0.05, 0.1) is 6.61 Å². The number of ether oxygens (including phenoxy) is 7. The molecule has 0 amide bonds. The third-order valence-electron chi connectivity index (χ3n) is 5.08. The van der Waals surface area contributed by atoms with Crippen molar-refractivity contribution in [1.29, 1.82) is 0 Å². The molecule has 2 aliphatic rings. The summed E-state index contributed by atoms with van der Waals surface area (Å²) in [6, 6.07) is 0. The van der Waals surface area contributed by atoms with E-state index in [0.29, 0.717) is 0 Å². The quantitative estimate of drug-likeness (QED) is 0.151. The highest BCUT2D eigenvalue weighted by Crippen LogP contribution is 2.33. The summed E-state index contributed by atoms with van der Waals surface area (Å²) in [6.07, 6.45) is -13.0. The predicted molar refractivity (Wildman–Crippen MR) is 114 cm³/mol. The molecular weight excluding hydrogens is 496 g/mol. The Kier molecular flexibility index (Phi) is 10.7. The van der Waals surface area contributed by atoms with Gasteiger partial charge in [-0.1, -0.05) is 0 Å². The van der Waals surface area contributed by atoms with Gasteiger partial charge in [0.2, 0.25) is 0 Å². The normalized spacial score (nSPS) is 37.1. The van der Waals surface area contributed by atoms with E-state index in [1.165, 1.54) is 0 Å². The minimum atomic E-state index is -1.63. The van der Waals surface area contributed by atoms with Crippen LogP contribution in [-0.4, -0.2) is 113 Å². The van der Waals surface area contributed by atoms with Gasteiger partial charge in [-0.05, 0) is 0 Å². The largest absolute Gasteiger partial charge is 0.463 e. The van der Waals surface area contributed by atoms with Gasteiger partial charge in [-0.2, -0.15) is 0 Å². The van der Waals surface area contributed by atoms with E-state index in [0.717, 1.165) is 27.7 Å². The van der Waals surface area contributed by atoms with Crippen LogP contribution in [0.3, 0.4) is 0 Å². The van der Waals surface area contributed by atoms with E-state index in [-0.39, 0.29) is 0 Å². The SMILES string of the molecule is CC(=O)OC[C@H]1O[C@@H](O[C@@H]2[C@@H](O)[C@@H](O)[C@@H](CO)O[C@@H]2S)[C@H](OC(C)=O)[C@@H](OC(C)=O)[C@@H]1OC(C)=O. The summed E-state index contributed by atoms with van der Waals surface area (Å²) in [6.45, 7) is 3.25. The first-order valence-electron chi connectivity index (χ1n) is 10.6. The van der Waals surface area contributed by atoms with Crippen molar-refractivity contribution in [1.82, 2.24) is 0 Å². The van der Waals surface area contributed by atoms with Gasteiger partial charge in [0, 0.05) is 27.7 Å². The van der Waals surface area contributed by atoms with Crippen LogP contribution in [0.5, 0.6) is 0 Å². The smallest absolute Gasteiger partial charge is 0.303 e. The lowest BCUT2D eigenvalue weighted by atomic mass is 9.97. The van der Waals surface area contributed by atoms with Gasteiger partial charge in [-0.15, -0.1) is 12.6 Å². The van der Waals surface area contributed by atoms with Crippen molar-refractivity contribution >= 4 is 36.5 Å². The van der Waals surface area contributed by atoms with E-state index < -0.39 is 97.6 Å². The molecule has 0 radical (unpaired) electrons. The summed E-state index contributed by atoms with van der Waals surface area (Å²) < 4.78 is 37.7. The first-order valence-corrected chi connectivity index (χ1v) is 11.1. The van der Waals surface area contributed by atoms with Crippen LogP contribution in [-0.2, 0) is 52.3 Å². The van der Waals surface area contributed by atoms with E-state index in [2.05, 4.69) is 12.6 Å². The van der Waals surface area contributed by atoms with E-state index in [1.54, 1.807) is 0 Å². The molecule has 2 fully saturated rings.